The molecule has 0 radical (unpaired) electrons. The summed E-state index contributed by atoms with van der Waals surface area (Å²) >= 11 is 0. The molecule has 0 aliphatic heterocycles. The summed E-state index contributed by atoms with van der Waals surface area (Å²) in [6.07, 6.45) is 0. The first kappa shape index (κ1) is 8.96. The third kappa shape index (κ3) is 1.72. The minimum Gasteiger partial charge on any atom is -0.323 e. The Balaban J connectivity index is 3.23. The Labute approximate surface area is 73.7 Å². The molecule has 0 fully saturated rings. The van der Waals surface area contributed by atoms with Crippen LogP contribution in [0.5, 0.6) is 0 Å². The lowest BCUT2D eigenvalue weighted by atomic mass is 10.2. The van der Waals surface area contributed by atoms with Crippen LogP contribution >= 0.6 is 0 Å². The number of benzene rings is 1. The zero-order chi connectivity index (χ0) is 9.84. The molecule has 1 aromatic carbocycles. The van der Waals surface area contributed by atoms with Gasteiger partial charge in [0.25, 0.3) is 5.69 Å². The summed E-state index contributed by atoms with van der Waals surface area (Å²) in [5, 5.41) is 18.9. The first-order valence-electron chi connectivity index (χ1n) is 3.34. The molecule has 1 rings (SSSR count). The molecule has 0 bridgehead atoms. The van der Waals surface area contributed by atoms with Gasteiger partial charge in [-0.2, -0.15) is 5.26 Å². The summed E-state index contributed by atoms with van der Waals surface area (Å²) in [5.74, 6) is 5.07. The Bertz CT molecular complexity index is 383. The highest BCUT2D eigenvalue weighted by Gasteiger charge is 2.08. The van der Waals surface area contributed by atoms with Crippen LogP contribution in [0, 0.1) is 21.4 Å². The van der Waals surface area contributed by atoms with E-state index in [1.807, 2.05) is 6.07 Å². The number of hydrogen-bond acceptors (Lipinski definition) is 5. The third-order valence-electron chi connectivity index (χ3n) is 1.49. The minimum absolute atomic E-state index is 0.105. The van der Waals surface area contributed by atoms with Crippen LogP contribution < -0.4 is 11.3 Å². The van der Waals surface area contributed by atoms with Gasteiger partial charge in [0.2, 0.25) is 0 Å². The quantitative estimate of drug-likeness (QED) is 0.395. The molecule has 6 nitrogen and oxygen atoms in total. The number of hydrogen-bond donors (Lipinski definition) is 2. The number of anilines is 1. The number of non-ortho nitro benzene ring substituents is 1. The van der Waals surface area contributed by atoms with Crippen molar-refractivity contribution >= 4 is 11.4 Å². The Morgan fingerprint density at radius 3 is 2.77 bits per heavy atom. The lowest BCUT2D eigenvalue weighted by Gasteiger charge is -2.00. The number of nitrogens with zero attached hydrogens (tertiary/aromatic N) is 2. The fourth-order valence-corrected chi connectivity index (χ4v) is 0.863. The Kier molecular flexibility index (Phi) is 2.42. The molecular weight excluding hydrogens is 172 g/mol. The van der Waals surface area contributed by atoms with E-state index in [4.69, 9.17) is 11.1 Å². The predicted molar refractivity (Wildman–Crippen MR) is 45.6 cm³/mol. The van der Waals surface area contributed by atoms with E-state index in [-0.39, 0.29) is 16.9 Å². The zero-order valence-corrected chi connectivity index (χ0v) is 6.52. The van der Waals surface area contributed by atoms with Crippen molar-refractivity contribution < 1.29 is 4.92 Å². The van der Waals surface area contributed by atoms with E-state index in [0.717, 1.165) is 0 Å². The van der Waals surface area contributed by atoms with Gasteiger partial charge in [0.05, 0.1) is 16.2 Å². The number of hydrazine groups is 1. The van der Waals surface area contributed by atoms with Crippen LogP contribution in [-0.2, 0) is 0 Å². The van der Waals surface area contributed by atoms with E-state index in [0.29, 0.717) is 0 Å². The van der Waals surface area contributed by atoms with Crippen molar-refractivity contribution in [1.29, 1.82) is 5.26 Å². The number of nitrogens with two attached hydrogens (primary N) is 1. The van der Waals surface area contributed by atoms with E-state index in [9.17, 15) is 10.1 Å². The number of nitrogens with one attached hydrogen (secondary N) is 1. The van der Waals surface area contributed by atoms with Crippen LogP contribution in [0.2, 0.25) is 0 Å². The molecule has 6 heteroatoms. The first-order valence-corrected chi connectivity index (χ1v) is 3.34. The SMILES string of the molecule is N#Cc1ccc([N+](=O)[O-])cc1NN. The van der Waals surface area contributed by atoms with E-state index in [2.05, 4.69) is 5.43 Å². The third-order valence-corrected chi connectivity index (χ3v) is 1.49. The van der Waals surface area contributed by atoms with Gasteiger partial charge in [0, 0.05) is 12.1 Å². The molecule has 0 amide bonds. The average molecular weight is 178 g/mol. The first-order chi connectivity index (χ1) is 6.19. The van der Waals surface area contributed by atoms with Crippen molar-refractivity contribution in [3.05, 3.63) is 33.9 Å². The van der Waals surface area contributed by atoms with Gasteiger partial charge in [0.15, 0.2) is 0 Å². The molecule has 0 atom stereocenters. The molecule has 13 heavy (non-hydrogen) atoms. The second-order valence-electron chi connectivity index (χ2n) is 2.24. The van der Waals surface area contributed by atoms with Crippen LogP contribution in [0.3, 0.4) is 0 Å². The minimum atomic E-state index is -0.554. The van der Waals surface area contributed by atoms with Crippen molar-refractivity contribution in [3.63, 3.8) is 0 Å². The van der Waals surface area contributed by atoms with Gasteiger partial charge in [-0.05, 0) is 6.07 Å². The van der Waals surface area contributed by atoms with E-state index in [1.54, 1.807) is 0 Å². The molecule has 0 heterocycles. The molecule has 0 saturated heterocycles. The van der Waals surface area contributed by atoms with Gasteiger partial charge in [0.1, 0.15) is 6.07 Å². The molecule has 0 aliphatic rings. The molecule has 1 aromatic rings. The van der Waals surface area contributed by atoms with Crippen molar-refractivity contribution in [2.45, 2.75) is 0 Å². The summed E-state index contributed by atoms with van der Waals surface area (Å²) in [5.41, 5.74) is 2.63. The average Bonchev–Trinajstić information content (AvgIpc) is 2.16. The standard InChI is InChI=1S/C7H6N4O2/c8-4-5-1-2-6(11(12)13)3-7(5)10-9/h1-3,10H,9H2. The molecular formula is C7H6N4O2. The summed E-state index contributed by atoms with van der Waals surface area (Å²) in [4.78, 5) is 9.77. The molecule has 0 unspecified atom stereocenters. The van der Waals surface area contributed by atoms with Crippen molar-refractivity contribution in [2.24, 2.45) is 5.84 Å². The summed E-state index contributed by atoms with van der Waals surface area (Å²) < 4.78 is 0. The van der Waals surface area contributed by atoms with E-state index >= 15 is 0 Å². The molecule has 0 aliphatic carbocycles. The van der Waals surface area contributed by atoms with E-state index in [1.165, 1.54) is 18.2 Å². The zero-order valence-electron chi connectivity index (χ0n) is 6.52. The molecule has 0 saturated carbocycles. The number of nitro groups is 1. The van der Waals surface area contributed by atoms with Gasteiger partial charge in [-0.1, -0.05) is 0 Å². The van der Waals surface area contributed by atoms with Crippen molar-refractivity contribution in [3.8, 4) is 6.07 Å². The summed E-state index contributed by atoms with van der Waals surface area (Å²) in [7, 11) is 0. The molecule has 0 spiro atoms. The fourth-order valence-electron chi connectivity index (χ4n) is 0.863. The molecule has 66 valence electrons. The highest BCUT2D eigenvalue weighted by molar-refractivity contribution is 5.61. The number of nitro benzene ring substituents is 1. The van der Waals surface area contributed by atoms with Gasteiger partial charge in [-0.25, -0.2) is 0 Å². The van der Waals surface area contributed by atoms with Gasteiger partial charge in [-0.15, -0.1) is 0 Å². The van der Waals surface area contributed by atoms with Crippen LogP contribution in [0.4, 0.5) is 11.4 Å². The molecule has 3 N–H and O–H groups in total. The van der Waals surface area contributed by atoms with Crippen molar-refractivity contribution in [1.82, 2.24) is 0 Å². The van der Waals surface area contributed by atoms with Crippen molar-refractivity contribution in [2.75, 3.05) is 5.43 Å². The van der Waals surface area contributed by atoms with Crippen LogP contribution in [-0.4, -0.2) is 4.92 Å². The van der Waals surface area contributed by atoms with Gasteiger partial charge in [-0.3, -0.25) is 16.0 Å². The summed E-state index contributed by atoms with van der Waals surface area (Å²) in [6.45, 7) is 0. The van der Waals surface area contributed by atoms with Crippen LogP contribution in [0.15, 0.2) is 18.2 Å². The highest BCUT2D eigenvalue weighted by atomic mass is 16.6. The number of nitrogen functional groups attached to an aromatic ring is 1. The smallest absolute Gasteiger partial charge is 0.271 e. The number of nitriles is 1. The summed E-state index contributed by atoms with van der Waals surface area (Å²) in [6, 6.07) is 5.64. The maximum absolute atomic E-state index is 10.3. The van der Waals surface area contributed by atoms with Crippen LogP contribution in [0.25, 0.3) is 0 Å². The Morgan fingerprint density at radius 1 is 1.62 bits per heavy atom. The largest absolute Gasteiger partial charge is 0.323 e. The maximum atomic E-state index is 10.3. The monoisotopic (exact) mass is 178 g/mol. The van der Waals surface area contributed by atoms with Gasteiger partial charge >= 0.3 is 0 Å². The van der Waals surface area contributed by atoms with Crippen LogP contribution in [0.1, 0.15) is 5.56 Å². The second kappa shape index (κ2) is 3.51. The maximum Gasteiger partial charge on any atom is 0.271 e. The predicted octanol–water partition coefficient (Wildman–Crippen LogP) is 0.752. The highest BCUT2D eigenvalue weighted by Crippen LogP contribution is 2.20. The lowest BCUT2D eigenvalue weighted by Crippen LogP contribution is -2.08. The van der Waals surface area contributed by atoms with Gasteiger partial charge < -0.3 is 5.43 Å². The fraction of sp³-hybridized carbons (Fsp3) is 0. The normalized spacial score (nSPS) is 8.92. The number of rotatable bonds is 2. The molecule has 0 aromatic heterocycles. The topological polar surface area (TPSA) is 105 Å². The Morgan fingerprint density at radius 2 is 2.31 bits per heavy atom. The second-order valence-corrected chi connectivity index (χ2v) is 2.24. The Hall–Kier alpha value is -2.13. The lowest BCUT2D eigenvalue weighted by molar-refractivity contribution is -0.384. The van der Waals surface area contributed by atoms with E-state index < -0.39 is 4.92 Å².